The van der Waals surface area contributed by atoms with Crippen LogP contribution in [0.4, 0.5) is 5.69 Å². The summed E-state index contributed by atoms with van der Waals surface area (Å²) in [6.45, 7) is 7.91. The van der Waals surface area contributed by atoms with Gasteiger partial charge in [-0.25, -0.2) is 4.68 Å². The third kappa shape index (κ3) is 4.89. The second kappa shape index (κ2) is 8.05. The molecule has 0 bridgehead atoms. The van der Waals surface area contributed by atoms with Gasteiger partial charge in [0.15, 0.2) is 5.82 Å². The van der Waals surface area contributed by atoms with Crippen molar-refractivity contribution >= 4 is 23.4 Å². The van der Waals surface area contributed by atoms with Gasteiger partial charge in [0.2, 0.25) is 11.1 Å². The molecule has 3 N–H and O–H groups in total. The minimum Gasteiger partial charge on any atom is -0.491 e. The Bertz CT molecular complexity index is 682. The maximum absolute atomic E-state index is 12.0. The summed E-state index contributed by atoms with van der Waals surface area (Å²) in [5, 5.41) is 11.4. The molecule has 8 heteroatoms. The third-order valence-electron chi connectivity index (χ3n) is 3.05. The lowest BCUT2D eigenvalue weighted by Crippen LogP contribution is -2.17. The zero-order valence-corrected chi connectivity index (χ0v) is 15.1. The average Bonchev–Trinajstić information content (AvgIpc) is 2.88. The Morgan fingerprint density at radius 3 is 2.46 bits per heavy atom. The quantitative estimate of drug-likeness (QED) is 0.589. The summed E-state index contributed by atoms with van der Waals surface area (Å²) in [4.78, 5) is 12.0. The Balaban J connectivity index is 1.87. The summed E-state index contributed by atoms with van der Waals surface area (Å²) in [6, 6.07) is 7.27. The van der Waals surface area contributed by atoms with Crippen molar-refractivity contribution in [1.29, 1.82) is 0 Å². The number of aromatic nitrogens is 3. The van der Waals surface area contributed by atoms with Crippen molar-refractivity contribution in [2.45, 2.75) is 44.9 Å². The highest BCUT2D eigenvalue weighted by atomic mass is 32.2. The number of hydrogen-bond donors (Lipinski definition) is 2. The van der Waals surface area contributed by atoms with E-state index in [1.54, 1.807) is 0 Å². The van der Waals surface area contributed by atoms with Crippen molar-refractivity contribution in [1.82, 2.24) is 14.9 Å². The van der Waals surface area contributed by atoms with Crippen LogP contribution in [0.1, 0.15) is 39.4 Å². The molecule has 0 aliphatic heterocycles. The second-order valence-electron chi connectivity index (χ2n) is 5.89. The fourth-order valence-electron chi connectivity index (χ4n) is 2.00. The largest absolute Gasteiger partial charge is 0.491 e. The summed E-state index contributed by atoms with van der Waals surface area (Å²) in [5.74, 6) is 7.64. The van der Waals surface area contributed by atoms with Crippen molar-refractivity contribution < 1.29 is 9.53 Å². The van der Waals surface area contributed by atoms with E-state index in [0.717, 1.165) is 5.75 Å². The Morgan fingerprint density at radius 2 is 1.92 bits per heavy atom. The number of hydrogen-bond acceptors (Lipinski definition) is 6. The van der Waals surface area contributed by atoms with Crippen molar-refractivity contribution in [3.8, 4) is 5.75 Å². The lowest BCUT2D eigenvalue weighted by molar-refractivity contribution is -0.113. The van der Waals surface area contributed by atoms with Gasteiger partial charge in [-0.2, -0.15) is 0 Å². The van der Waals surface area contributed by atoms with Crippen LogP contribution in [0, 0.1) is 0 Å². The van der Waals surface area contributed by atoms with E-state index in [2.05, 4.69) is 15.5 Å². The molecule has 24 heavy (non-hydrogen) atoms. The van der Waals surface area contributed by atoms with Crippen LogP contribution >= 0.6 is 11.8 Å². The predicted octanol–water partition coefficient (Wildman–Crippen LogP) is 2.63. The standard InChI is InChI=1S/C16H23N5O2S/c1-10(2)15-19-20-16(21(15)17)24-9-14(22)18-12-5-7-13(8-6-12)23-11(3)4/h5-8,10-11H,9,17H2,1-4H3,(H,18,22). The minimum absolute atomic E-state index is 0.117. The molecule has 0 fully saturated rings. The number of ether oxygens (including phenoxy) is 1. The number of nitrogens with one attached hydrogen (secondary N) is 1. The molecule has 0 unspecified atom stereocenters. The van der Waals surface area contributed by atoms with E-state index < -0.39 is 0 Å². The van der Waals surface area contributed by atoms with Gasteiger partial charge in [0, 0.05) is 11.6 Å². The molecule has 0 atom stereocenters. The highest BCUT2D eigenvalue weighted by molar-refractivity contribution is 7.99. The highest BCUT2D eigenvalue weighted by Crippen LogP contribution is 2.20. The average molecular weight is 349 g/mol. The SMILES string of the molecule is CC(C)Oc1ccc(NC(=O)CSc2nnc(C(C)C)n2N)cc1. The predicted molar refractivity (Wildman–Crippen MR) is 95.8 cm³/mol. The summed E-state index contributed by atoms with van der Waals surface area (Å²) in [6.07, 6.45) is 0.117. The first-order valence-electron chi connectivity index (χ1n) is 7.76. The van der Waals surface area contributed by atoms with E-state index in [-0.39, 0.29) is 23.7 Å². The molecule has 2 rings (SSSR count). The highest BCUT2D eigenvalue weighted by Gasteiger charge is 2.14. The smallest absolute Gasteiger partial charge is 0.234 e. The molecule has 130 valence electrons. The summed E-state index contributed by atoms with van der Waals surface area (Å²) in [7, 11) is 0. The lowest BCUT2D eigenvalue weighted by Gasteiger charge is -2.10. The van der Waals surface area contributed by atoms with Gasteiger partial charge in [-0.05, 0) is 38.1 Å². The number of carbonyl (C=O) groups excluding carboxylic acids is 1. The molecule has 0 saturated carbocycles. The molecule has 0 saturated heterocycles. The molecule has 2 aromatic rings. The molecule has 1 heterocycles. The maximum Gasteiger partial charge on any atom is 0.234 e. The van der Waals surface area contributed by atoms with Gasteiger partial charge in [-0.3, -0.25) is 4.79 Å². The van der Waals surface area contributed by atoms with Crippen LogP contribution in [0.15, 0.2) is 29.4 Å². The van der Waals surface area contributed by atoms with E-state index in [4.69, 9.17) is 10.6 Å². The van der Waals surface area contributed by atoms with Gasteiger partial charge in [0.05, 0.1) is 11.9 Å². The number of anilines is 1. The molecule has 0 spiro atoms. The van der Waals surface area contributed by atoms with Crippen LogP contribution in [-0.4, -0.2) is 32.6 Å². The molecule has 7 nitrogen and oxygen atoms in total. The zero-order valence-electron chi connectivity index (χ0n) is 14.3. The monoisotopic (exact) mass is 349 g/mol. The van der Waals surface area contributed by atoms with Gasteiger partial charge >= 0.3 is 0 Å². The number of benzene rings is 1. The van der Waals surface area contributed by atoms with Crippen LogP contribution in [0.5, 0.6) is 5.75 Å². The van der Waals surface area contributed by atoms with E-state index in [9.17, 15) is 4.79 Å². The molecule has 1 aromatic heterocycles. The fourth-order valence-corrected chi connectivity index (χ4v) is 2.66. The van der Waals surface area contributed by atoms with Crippen molar-refractivity contribution in [3.05, 3.63) is 30.1 Å². The molecule has 0 radical (unpaired) electrons. The Morgan fingerprint density at radius 1 is 1.25 bits per heavy atom. The van der Waals surface area contributed by atoms with Crippen molar-refractivity contribution in [2.24, 2.45) is 0 Å². The number of rotatable bonds is 7. The molecule has 1 aromatic carbocycles. The Labute approximate surface area is 145 Å². The molecule has 0 aliphatic carbocycles. The summed E-state index contributed by atoms with van der Waals surface area (Å²) < 4.78 is 7.00. The van der Waals surface area contributed by atoms with E-state index in [1.165, 1.54) is 16.4 Å². The van der Waals surface area contributed by atoms with Crippen LogP contribution in [0.2, 0.25) is 0 Å². The van der Waals surface area contributed by atoms with Crippen LogP contribution in [0.25, 0.3) is 0 Å². The van der Waals surface area contributed by atoms with Crippen molar-refractivity contribution in [3.63, 3.8) is 0 Å². The van der Waals surface area contributed by atoms with Gasteiger partial charge in [-0.1, -0.05) is 25.6 Å². The summed E-state index contributed by atoms with van der Waals surface area (Å²) >= 11 is 1.25. The van der Waals surface area contributed by atoms with Crippen molar-refractivity contribution in [2.75, 3.05) is 16.9 Å². The first-order valence-corrected chi connectivity index (χ1v) is 8.75. The van der Waals surface area contributed by atoms with Gasteiger partial charge in [-0.15, -0.1) is 10.2 Å². The van der Waals surface area contributed by atoms with E-state index >= 15 is 0 Å². The number of nitrogens with zero attached hydrogens (tertiary/aromatic N) is 3. The third-order valence-corrected chi connectivity index (χ3v) is 3.99. The topological polar surface area (TPSA) is 95.1 Å². The first kappa shape index (κ1) is 18.1. The first-order chi connectivity index (χ1) is 11.4. The van der Waals surface area contributed by atoms with Crippen LogP contribution in [-0.2, 0) is 4.79 Å². The van der Waals surface area contributed by atoms with E-state index in [0.29, 0.717) is 16.7 Å². The number of thioether (sulfide) groups is 1. The zero-order chi connectivity index (χ0) is 17.7. The maximum atomic E-state index is 12.0. The number of amides is 1. The second-order valence-corrected chi connectivity index (χ2v) is 6.84. The van der Waals surface area contributed by atoms with E-state index in [1.807, 2.05) is 52.0 Å². The van der Waals surface area contributed by atoms with Gasteiger partial charge in [0.25, 0.3) is 0 Å². The molecular formula is C16H23N5O2S. The van der Waals surface area contributed by atoms with Crippen LogP contribution < -0.4 is 15.9 Å². The fraction of sp³-hybridized carbons (Fsp3) is 0.438. The molecular weight excluding hydrogens is 326 g/mol. The number of nitrogens with two attached hydrogens (primary N) is 1. The number of nitrogen functional groups attached to an aromatic ring is 1. The van der Waals surface area contributed by atoms with Crippen LogP contribution in [0.3, 0.4) is 0 Å². The molecule has 1 amide bonds. The number of carbonyl (C=O) groups is 1. The molecule has 0 aliphatic rings. The summed E-state index contributed by atoms with van der Waals surface area (Å²) in [5.41, 5.74) is 0.716. The normalized spacial score (nSPS) is 11.1. The van der Waals surface area contributed by atoms with Gasteiger partial charge in [0.1, 0.15) is 5.75 Å². The Hall–Kier alpha value is -2.22. The lowest BCUT2D eigenvalue weighted by atomic mass is 10.2. The van der Waals surface area contributed by atoms with Gasteiger partial charge < -0.3 is 15.9 Å². The minimum atomic E-state index is -0.133. The Kier molecular flexibility index (Phi) is 6.08.